The van der Waals surface area contributed by atoms with Gasteiger partial charge in [0.1, 0.15) is 0 Å². The van der Waals surface area contributed by atoms with Crippen molar-refractivity contribution in [3.8, 4) is 0 Å². The lowest BCUT2D eigenvalue weighted by atomic mass is 9.87. The minimum atomic E-state index is -0.107. The van der Waals surface area contributed by atoms with E-state index >= 15 is 0 Å². The third-order valence-electron chi connectivity index (χ3n) is 16.6. The molecule has 2 unspecified atom stereocenters. The molecule has 80 heavy (non-hydrogen) atoms. The third kappa shape index (κ3) is 16.0. The molecule has 9 rings (SSSR count). The summed E-state index contributed by atoms with van der Waals surface area (Å²) < 4.78 is 4.28. The van der Waals surface area contributed by atoms with Crippen LogP contribution < -0.4 is 23.6 Å². The van der Waals surface area contributed by atoms with Crippen LogP contribution in [0.1, 0.15) is 204 Å². The maximum Gasteiger partial charge on any atom is 0.252 e. The zero-order valence-electron chi connectivity index (χ0n) is 48.8. The molecule has 0 saturated carbocycles. The quantitative estimate of drug-likeness (QED) is 0.0302. The molecule has 4 nitrogen and oxygen atoms in total. The molecule has 4 heterocycles. The summed E-state index contributed by atoms with van der Waals surface area (Å²) in [6.07, 6.45) is 42.6. The van der Waals surface area contributed by atoms with Gasteiger partial charge in [0.15, 0.2) is 5.78 Å². The number of allylic oxidation sites excluding steroid dienone is 2. The van der Waals surface area contributed by atoms with Gasteiger partial charge in [0, 0.05) is 82.2 Å². The van der Waals surface area contributed by atoms with Crippen LogP contribution in [0.2, 0.25) is 0 Å². The highest BCUT2D eigenvalue weighted by molar-refractivity contribution is 8.15. The number of rotatable bonds is 34. The molecule has 3 aliphatic heterocycles. The Hall–Kier alpha value is -4.47. The second kappa shape index (κ2) is 31.3. The van der Waals surface area contributed by atoms with E-state index in [9.17, 15) is 9.90 Å². The van der Waals surface area contributed by atoms with Crippen LogP contribution in [0.3, 0.4) is 0 Å². The summed E-state index contributed by atoms with van der Waals surface area (Å²) in [4.78, 5) is 18.6. The molecular weight excluding hydrogens is 1050 g/mol. The van der Waals surface area contributed by atoms with E-state index in [0.29, 0.717) is 11.1 Å². The number of hydrogen-bond donors (Lipinski definition) is 0. The first-order valence-corrected chi connectivity index (χ1v) is 34.8. The van der Waals surface area contributed by atoms with Crippen LogP contribution >= 0.6 is 46.6 Å². The van der Waals surface area contributed by atoms with Crippen LogP contribution in [-0.2, 0) is 30.5 Å². The van der Waals surface area contributed by atoms with E-state index in [1.165, 1.54) is 193 Å². The molecule has 2 atom stereocenters. The van der Waals surface area contributed by atoms with Crippen LogP contribution in [0.15, 0.2) is 141 Å². The number of unbranched alkanes of at least 4 members (excludes halogenated alkanes) is 20. The minimum Gasteiger partial charge on any atom is -0.871 e. The van der Waals surface area contributed by atoms with Crippen LogP contribution in [0.4, 0.5) is 22.7 Å². The lowest BCUT2D eigenvalue weighted by Crippen LogP contribution is -2.33. The average molecular weight is 1140 g/mol. The van der Waals surface area contributed by atoms with Gasteiger partial charge in [-0.25, -0.2) is 0 Å². The summed E-state index contributed by atoms with van der Waals surface area (Å²) in [5, 5.41) is 16.8. The summed E-state index contributed by atoms with van der Waals surface area (Å²) in [5.41, 5.74) is 10.9. The Morgan fingerprint density at radius 1 is 0.475 bits per heavy atom. The predicted molar refractivity (Wildman–Crippen MR) is 351 cm³/mol. The van der Waals surface area contributed by atoms with Gasteiger partial charge in [-0.3, -0.25) is 4.79 Å². The molecule has 0 N–H and O–H groups in total. The van der Waals surface area contributed by atoms with E-state index in [4.69, 9.17) is 0 Å². The number of carbonyl (C=O) groups is 1. The van der Waals surface area contributed by atoms with E-state index in [1.807, 2.05) is 11.8 Å². The van der Waals surface area contributed by atoms with Gasteiger partial charge < -0.3 is 10.0 Å². The number of thiophene rings is 1. The maximum absolute atomic E-state index is 14.2. The number of aryl methyl sites for hydroxylation is 4. The minimum absolute atomic E-state index is 0.107. The topological polar surface area (TPSA) is 46.4 Å². The third-order valence-corrected chi connectivity index (χ3v) is 21.6. The molecule has 0 radical (unpaired) electrons. The van der Waals surface area contributed by atoms with Crippen molar-refractivity contribution in [1.29, 1.82) is 0 Å². The first kappa shape index (κ1) is 60.1. The number of anilines is 2. The van der Waals surface area contributed by atoms with Gasteiger partial charge in [0.2, 0.25) is 11.4 Å². The summed E-state index contributed by atoms with van der Waals surface area (Å²) in [7, 11) is 0. The van der Waals surface area contributed by atoms with Crippen molar-refractivity contribution in [3.05, 3.63) is 168 Å². The van der Waals surface area contributed by atoms with Crippen molar-refractivity contribution < 1.29 is 9.90 Å². The summed E-state index contributed by atoms with van der Waals surface area (Å²) in [6.45, 7) is 9.12. The van der Waals surface area contributed by atoms with Crippen LogP contribution in [-0.4, -0.2) is 21.3 Å². The number of carbonyl (C=O) groups excluding carboxylic acids is 1. The number of hydrogen-bond acceptors (Lipinski definition) is 7. The fourth-order valence-corrected chi connectivity index (χ4v) is 17.1. The molecule has 4 aliphatic rings. The van der Waals surface area contributed by atoms with Gasteiger partial charge >= 0.3 is 0 Å². The highest BCUT2D eigenvalue weighted by atomic mass is 32.2. The summed E-state index contributed by atoms with van der Waals surface area (Å²) >= 11 is 6.86. The molecule has 1 aliphatic carbocycles. The first-order valence-electron chi connectivity index (χ1n) is 31.5. The van der Waals surface area contributed by atoms with Gasteiger partial charge in [0.25, 0.3) is 5.04 Å². The monoisotopic (exact) mass is 1140 g/mol. The highest BCUT2D eigenvalue weighted by Gasteiger charge is 2.41. The molecule has 8 heteroatoms. The Labute approximate surface area is 498 Å². The molecule has 5 aromatic rings. The average Bonchev–Trinajstić information content (AvgIpc) is 4.35. The van der Waals surface area contributed by atoms with E-state index < -0.39 is 0 Å². The number of fused-ring (bicyclic) bond motifs is 2. The summed E-state index contributed by atoms with van der Waals surface area (Å²) in [6, 6.07) is 39.0. The largest absolute Gasteiger partial charge is 0.871 e. The SMILES string of the molecule is CCCCCCCCc1ccc(N(C2=CC3SC(C4=C([O-])/C(=c5\cc6c(s5)=CC(=[N+](c5ccc(CCCCCCCC)cc5)c5ccc(CCCCCCCC)cc5)S6)C4=O)=CC3S2)c2ccc(CCCCCCCC)cc2)cc1. The smallest absolute Gasteiger partial charge is 0.252 e. The van der Waals surface area contributed by atoms with Gasteiger partial charge in [-0.1, -0.05) is 228 Å². The van der Waals surface area contributed by atoms with E-state index in [2.05, 4.69) is 159 Å². The Bertz CT molecular complexity index is 2930. The zero-order valence-corrected chi connectivity index (χ0v) is 52.1. The molecule has 1 aromatic heterocycles. The Morgan fingerprint density at radius 2 is 0.875 bits per heavy atom. The van der Waals surface area contributed by atoms with Crippen LogP contribution in [0, 0.1) is 0 Å². The number of benzene rings is 4. The van der Waals surface area contributed by atoms with E-state index in [-0.39, 0.29) is 22.0 Å². The fourth-order valence-electron chi connectivity index (χ4n) is 11.7. The zero-order chi connectivity index (χ0) is 55.5. The molecule has 0 spiro atoms. The maximum atomic E-state index is 14.2. The lowest BCUT2D eigenvalue weighted by Gasteiger charge is -2.30. The van der Waals surface area contributed by atoms with Gasteiger partial charge in [-0.15, -0.1) is 27.7 Å². The second-order valence-corrected chi connectivity index (χ2v) is 27.5. The molecule has 0 saturated heterocycles. The number of ketones is 1. The normalized spacial score (nSPS) is 17.1. The fraction of sp³-hybridized carbons (Fsp3) is 0.472. The Balaban J connectivity index is 0.908. The number of nitrogens with zero attached hydrogens (tertiary/aromatic N) is 2. The van der Waals surface area contributed by atoms with Gasteiger partial charge in [-0.2, -0.15) is 0 Å². The van der Waals surface area contributed by atoms with Crippen molar-refractivity contribution in [1.82, 2.24) is 4.58 Å². The van der Waals surface area contributed by atoms with Crippen molar-refractivity contribution >= 4 is 91.8 Å². The van der Waals surface area contributed by atoms with E-state index in [1.54, 1.807) is 34.9 Å². The molecule has 4 aromatic carbocycles. The number of Topliss-reactive ketones (excluding diaryl/α,β-unsaturated/α-hetero) is 1. The van der Waals surface area contributed by atoms with E-state index in [0.717, 1.165) is 61.0 Å². The van der Waals surface area contributed by atoms with Crippen molar-refractivity contribution in [2.75, 3.05) is 4.90 Å². The van der Waals surface area contributed by atoms with Crippen molar-refractivity contribution in [3.63, 3.8) is 0 Å². The second-order valence-electron chi connectivity index (χ2n) is 22.9. The van der Waals surface area contributed by atoms with Crippen LogP contribution in [0.25, 0.3) is 11.6 Å². The number of thioether (sulfide) groups is 3. The van der Waals surface area contributed by atoms with Crippen molar-refractivity contribution in [2.45, 2.75) is 223 Å². The molecule has 0 fully saturated rings. The Morgan fingerprint density at radius 3 is 1.27 bits per heavy atom. The predicted octanol–water partition coefficient (Wildman–Crippen LogP) is 19.3. The molecule has 0 bridgehead atoms. The highest BCUT2D eigenvalue weighted by Crippen LogP contribution is 2.54. The Kier molecular flexibility index (Phi) is 23.5. The molecule has 424 valence electrons. The standard InChI is InChI=1S/C72H90N2O2S4/c1-5-9-13-17-21-25-29-53-33-41-57(42-34-53)73(58-43-35-54(36-44-58)30-26-22-18-14-10-6-2)67-51-63-61(79-67)49-65(77-63)69-71(75)70(72(69)76)66-50-62-64(78-66)52-68(80-62)74(59-45-37-55(38-46-59)31-27-23-19-15-11-7-3)60-47-39-56(40-48-60)32-28-24-20-16-12-8-4/h33-52,61,63H,5-32H2,1-4H3. The first-order chi connectivity index (χ1) is 39.3. The van der Waals surface area contributed by atoms with Crippen LogP contribution in [0.5, 0.6) is 0 Å². The lowest BCUT2D eigenvalue weighted by molar-refractivity contribution is -0.295. The summed E-state index contributed by atoms with van der Waals surface area (Å²) in [5.74, 6) is -0.214. The molecular formula is C72H90N2O2S4. The van der Waals surface area contributed by atoms with Gasteiger partial charge in [0.05, 0.1) is 5.03 Å². The van der Waals surface area contributed by atoms with Gasteiger partial charge in [-0.05, 0) is 122 Å². The molecule has 0 amide bonds. The van der Waals surface area contributed by atoms with Crippen molar-refractivity contribution in [2.24, 2.45) is 0 Å².